The lowest BCUT2D eigenvalue weighted by Gasteiger charge is -2.51. The number of nitrogens with zero attached hydrogens (tertiary/aromatic N) is 1. The molecule has 154 valence electrons. The number of hydrogen-bond acceptors (Lipinski definition) is 5. The molecule has 28 heavy (non-hydrogen) atoms. The van der Waals surface area contributed by atoms with Crippen LogP contribution in [-0.4, -0.2) is 53.7 Å². The Morgan fingerprint density at radius 1 is 1.29 bits per heavy atom. The zero-order valence-corrected chi connectivity index (χ0v) is 17.1. The number of rotatable bonds is 8. The van der Waals surface area contributed by atoms with E-state index < -0.39 is 34.7 Å². The minimum absolute atomic E-state index is 0.0331. The molecule has 0 aromatic heterocycles. The van der Waals surface area contributed by atoms with E-state index in [0.29, 0.717) is 22.8 Å². The SMILES string of the molecule is CC[C@@]1(C(=O)O)[C@H](COCCN)N=C(C)[C@](C)(C(=O)O)[C@@H]1c1ccccc1Cl. The van der Waals surface area contributed by atoms with Crippen LogP contribution in [-0.2, 0) is 14.3 Å². The van der Waals surface area contributed by atoms with Gasteiger partial charge >= 0.3 is 11.9 Å². The molecule has 0 spiro atoms. The normalized spacial score (nSPS) is 30.0. The first-order valence-electron chi connectivity index (χ1n) is 9.21. The molecule has 0 amide bonds. The Kier molecular flexibility index (Phi) is 6.85. The Balaban J connectivity index is 2.82. The van der Waals surface area contributed by atoms with Gasteiger partial charge in [0.15, 0.2) is 0 Å². The van der Waals surface area contributed by atoms with Crippen molar-refractivity contribution in [1.29, 1.82) is 0 Å². The number of ether oxygens (including phenoxy) is 1. The Bertz CT molecular complexity index is 784. The quantitative estimate of drug-likeness (QED) is 0.566. The van der Waals surface area contributed by atoms with Gasteiger partial charge in [0.2, 0.25) is 0 Å². The molecule has 1 aliphatic heterocycles. The molecule has 4 N–H and O–H groups in total. The van der Waals surface area contributed by atoms with Crippen molar-refractivity contribution in [3.8, 4) is 0 Å². The predicted molar refractivity (Wildman–Crippen MR) is 107 cm³/mol. The monoisotopic (exact) mass is 410 g/mol. The van der Waals surface area contributed by atoms with Gasteiger partial charge in [0, 0.05) is 23.2 Å². The lowest BCUT2D eigenvalue weighted by atomic mass is 9.53. The first-order chi connectivity index (χ1) is 13.2. The van der Waals surface area contributed by atoms with Crippen LogP contribution in [0.25, 0.3) is 0 Å². The Labute approximate surface area is 169 Å². The molecule has 1 heterocycles. The summed E-state index contributed by atoms with van der Waals surface area (Å²) in [5, 5.41) is 20.8. The summed E-state index contributed by atoms with van der Waals surface area (Å²) in [4.78, 5) is 29.6. The summed E-state index contributed by atoms with van der Waals surface area (Å²) in [6, 6.07) is 6.02. The number of halogens is 1. The highest BCUT2D eigenvalue weighted by atomic mass is 35.5. The lowest BCUT2D eigenvalue weighted by molar-refractivity contribution is -0.161. The van der Waals surface area contributed by atoms with Crippen LogP contribution in [0.15, 0.2) is 29.3 Å². The van der Waals surface area contributed by atoms with Crippen molar-refractivity contribution in [2.45, 2.75) is 39.2 Å². The summed E-state index contributed by atoms with van der Waals surface area (Å²) in [7, 11) is 0. The summed E-state index contributed by atoms with van der Waals surface area (Å²) >= 11 is 6.43. The second-order valence-corrected chi connectivity index (χ2v) is 7.66. The number of nitrogens with two attached hydrogens (primary N) is 1. The van der Waals surface area contributed by atoms with Crippen LogP contribution in [0.5, 0.6) is 0 Å². The summed E-state index contributed by atoms with van der Waals surface area (Å²) < 4.78 is 5.55. The van der Waals surface area contributed by atoms with Gasteiger partial charge in [-0.3, -0.25) is 14.6 Å². The molecule has 7 nitrogen and oxygen atoms in total. The van der Waals surface area contributed by atoms with Crippen LogP contribution >= 0.6 is 11.6 Å². The third kappa shape index (κ3) is 3.43. The fourth-order valence-corrected chi connectivity index (χ4v) is 4.54. The summed E-state index contributed by atoms with van der Waals surface area (Å²) in [6.45, 7) is 5.46. The molecule has 1 aromatic carbocycles. The lowest BCUT2D eigenvalue weighted by Crippen LogP contribution is -2.60. The minimum Gasteiger partial charge on any atom is -0.481 e. The molecule has 1 aliphatic rings. The fraction of sp³-hybridized carbons (Fsp3) is 0.550. The van der Waals surface area contributed by atoms with E-state index in [1.165, 1.54) is 6.92 Å². The smallest absolute Gasteiger partial charge is 0.315 e. The first kappa shape index (κ1) is 22.3. The molecule has 4 atom stereocenters. The maximum atomic E-state index is 12.7. The van der Waals surface area contributed by atoms with E-state index in [4.69, 9.17) is 22.1 Å². The van der Waals surface area contributed by atoms with Gasteiger partial charge in [-0.1, -0.05) is 36.7 Å². The molecule has 0 radical (unpaired) electrons. The predicted octanol–water partition coefficient (Wildman–Crippen LogP) is 2.81. The van der Waals surface area contributed by atoms with Gasteiger partial charge in [0.25, 0.3) is 0 Å². The molecule has 0 fully saturated rings. The van der Waals surface area contributed by atoms with E-state index in [0.717, 1.165) is 0 Å². The van der Waals surface area contributed by atoms with Gasteiger partial charge in [0.1, 0.15) is 10.8 Å². The molecular weight excluding hydrogens is 384 g/mol. The topological polar surface area (TPSA) is 122 Å². The average molecular weight is 411 g/mol. The van der Waals surface area contributed by atoms with Crippen LogP contribution in [0.2, 0.25) is 5.02 Å². The van der Waals surface area contributed by atoms with Gasteiger partial charge < -0.3 is 20.7 Å². The van der Waals surface area contributed by atoms with Crippen molar-refractivity contribution < 1.29 is 24.5 Å². The average Bonchev–Trinajstić information content (AvgIpc) is 2.64. The van der Waals surface area contributed by atoms with E-state index in [-0.39, 0.29) is 19.6 Å². The zero-order chi connectivity index (χ0) is 21.1. The van der Waals surface area contributed by atoms with Gasteiger partial charge in [0.05, 0.1) is 19.3 Å². The third-order valence-corrected chi connectivity index (χ3v) is 6.31. The molecule has 0 saturated carbocycles. The second-order valence-electron chi connectivity index (χ2n) is 7.25. The van der Waals surface area contributed by atoms with Crippen LogP contribution in [0.3, 0.4) is 0 Å². The number of carboxylic acids is 2. The number of carbonyl (C=O) groups is 2. The van der Waals surface area contributed by atoms with Crippen molar-refractivity contribution in [2.75, 3.05) is 19.8 Å². The number of benzene rings is 1. The van der Waals surface area contributed by atoms with Gasteiger partial charge in [-0.2, -0.15) is 0 Å². The maximum absolute atomic E-state index is 12.7. The molecule has 1 aromatic rings. The highest BCUT2D eigenvalue weighted by molar-refractivity contribution is 6.31. The zero-order valence-electron chi connectivity index (χ0n) is 16.3. The molecule has 0 saturated heterocycles. The number of aliphatic carboxylic acids is 2. The number of hydrogen-bond donors (Lipinski definition) is 3. The van der Waals surface area contributed by atoms with Crippen molar-refractivity contribution >= 4 is 29.3 Å². The van der Waals surface area contributed by atoms with Gasteiger partial charge in [-0.25, -0.2) is 0 Å². The molecule has 0 unspecified atom stereocenters. The molecule has 2 rings (SSSR count). The van der Waals surface area contributed by atoms with Crippen molar-refractivity contribution in [2.24, 2.45) is 21.6 Å². The van der Waals surface area contributed by atoms with E-state index in [9.17, 15) is 19.8 Å². The van der Waals surface area contributed by atoms with Crippen molar-refractivity contribution in [3.05, 3.63) is 34.9 Å². The van der Waals surface area contributed by atoms with E-state index in [1.54, 1.807) is 38.1 Å². The maximum Gasteiger partial charge on any atom is 0.315 e. The fourth-order valence-electron chi connectivity index (χ4n) is 4.30. The third-order valence-electron chi connectivity index (χ3n) is 5.97. The van der Waals surface area contributed by atoms with Gasteiger partial charge in [-0.05, 0) is 31.9 Å². The number of aliphatic imine (C=N–C) groups is 1. The van der Waals surface area contributed by atoms with E-state index in [2.05, 4.69) is 4.99 Å². The Morgan fingerprint density at radius 3 is 2.43 bits per heavy atom. The van der Waals surface area contributed by atoms with Crippen LogP contribution in [0.1, 0.15) is 38.7 Å². The van der Waals surface area contributed by atoms with Crippen molar-refractivity contribution in [1.82, 2.24) is 0 Å². The summed E-state index contributed by atoms with van der Waals surface area (Å²) in [5.41, 5.74) is 3.26. The standard InChI is InChI=1S/C20H27ClN2O5/c1-4-20(18(26)27)15(11-28-10-9-22)23-12(2)19(3,17(24)25)16(20)13-7-5-6-8-14(13)21/h5-8,15-16H,4,9-11,22H2,1-3H3,(H,24,25)(H,26,27)/t15-,16-,19-,20+/m0/s1. The Morgan fingerprint density at radius 2 is 1.93 bits per heavy atom. The number of carboxylic acid groups (broad SMARTS) is 2. The highest BCUT2D eigenvalue weighted by Crippen LogP contribution is 2.57. The van der Waals surface area contributed by atoms with E-state index in [1.807, 2.05) is 0 Å². The summed E-state index contributed by atoms with van der Waals surface area (Å²) in [5.74, 6) is -3.19. The van der Waals surface area contributed by atoms with Crippen molar-refractivity contribution in [3.63, 3.8) is 0 Å². The van der Waals surface area contributed by atoms with Crippen LogP contribution < -0.4 is 5.73 Å². The largest absolute Gasteiger partial charge is 0.481 e. The van der Waals surface area contributed by atoms with Crippen LogP contribution in [0, 0.1) is 10.8 Å². The second kappa shape index (κ2) is 8.59. The highest BCUT2D eigenvalue weighted by Gasteiger charge is 2.64. The molecular formula is C20H27ClN2O5. The Hall–Kier alpha value is -1.96. The van der Waals surface area contributed by atoms with Gasteiger partial charge in [-0.15, -0.1) is 0 Å². The minimum atomic E-state index is -1.54. The summed E-state index contributed by atoms with van der Waals surface area (Å²) in [6.07, 6.45) is 0.161. The molecule has 8 heteroatoms. The van der Waals surface area contributed by atoms with Crippen LogP contribution in [0.4, 0.5) is 0 Å². The van der Waals surface area contributed by atoms with E-state index >= 15 is 0 Å². The molecule has 0 aliphatic carbocycles. The molecule has 0 bridgehead atoms. The first-order valence-corrected chi connectivity index (χ1v) is 9.59.